The van der Waals surface area contributed by atoms with Gasteiger partial charge >= 0.3 is 0 Å². The van der Waals surface area contributed by atoms with Crippen LogP contribution in [-0.4, -0.2) is 39.9 Å². The molecule has 1 aliphatic carbocycles. The number of aromatic nitrogens is 3. The molecule has 1 fully saturated rings. The Bertz CT molecular complexity index is 733. The molecule has 2 heterocycles. The van der Waals surface area contributed by atoms with Crippen LogP contribution in [0.4, 0.5) is 0 Å². The summed E-state index contributed by atoms with van der Waals surface area (Å²) in [5, 5.41) is 12.1. The van der Waals surface area contributed by atoms with E-state index in [9.17, 15) is 4.79 Å². The van der Waals surface area contributed by atoms with Crippen molar-refractivity contribution in [2.45, 2.75) is 57.6 Å². The molecule has 8 heteroatoms. The molecule has 2 aromatic heterocycles. The Balaban J connectivity index is 1.35. The van der Waals surface area contributed by atoms with Gasteiger partial charge in [0, 0.05) is 26.1 Å². The molecule has 2 N–H and O–H groups in total. The maximum absolute atomic E-state index is 12.1. The zero-order valence-electron chi connectivity index (χ0n) is 14.9. The summed E-state index contributed by atoms with van der Waals surface area (Å²) in [5.41, 5.74) is 0. The largest absolute Gasteiger partial charge is 0.378 e. The Morgan fingerprint density at radius 2 is 2.27 bits per heavy atom. The summed E-state index contributed by atoms with van der Waals surface area (Å²) in [4.78, 5) is 13.1. The van der Waals surface area contributed by atoms with Gasteiger partial charge in [0.1, 0.15) is 0 Å². The van der Waals surface area contributed by atoms with E-state index in [1.54, 1.807) is 11.3 Å². The SMILES string of the molecule is O=C(CCn1c(-c2cccs2)n[nH]c1=S)NCCCOC1CCCCC1. The highest BCUT2D eigenvalue weighted by atomic mass is 32.1. The fraction of sp³-hybridized carbons (Fsp3) is 0.611. The van der Waals surface area contributed by atoms with Gasteiger partial charge in [-0.05, 0) is 42.9 Å². The van der Waals surface area contributed by atoms with Gasteiger partial charge in [-0.15, -0.1) is 11.3 Å². The topological polar surface area (TPSA) is 71.9 Å². The third-order valence-corrected chi connectivity index (χ3v) is 5.79. The van der Waals surface area contributed by atoms with E-state index in [1.807, 2.05) is 22.1 Å². The summed E-state index contributed by atoms with van der Waals surface area (Å²) < 4.78 is 8.30. The number of ether oxygens (including phenoxy) is 1. The Labute approximate surface area is 163 Å². The van der Waals surface area contributed by atoms with Gasteiger partial charge in [0.2, 0.25) is 5.91 Å². The molecule has 0 aromatic carbocycles. The van der Waals surface area contributed by atoms with Crippen LogP contribution in [0.5, 0.6) is 0 Å². The van der Waals surface area contributed by atoms with Crippen molar-refractivity contribution < 1.29 is 9.53 Å². The van der Waals surface area contributed by atoms with Gasteiger partial charge in [0.15, 0.2) is 10.6 Å². The van der Waals surface area contributed by atoms with Gasteiger partial charge in [0.05, 0.1) is 11.0 Å². The number of rotatable bonds is 9. The summed E-state index contributed by atoms with van der Waals surface area (Å²) in [5.74, 6) is 0.821. The lowest BCUT2D eigenvalue weighted by atomic mass is 9.98. The first-order valence-electron chi connectivity index (χ1n) is 9.31. The second-order valence-corrected chi connectivity index (χ2v) is 7.90. The van der Waals surface area contributed by atoms with Crippen LogP contribution < -0.4 is 5.32 Å². The quantitative estimate of drug-likeness (QED) is 0.500. The number of amides is 1. The molecular formula is C18H26N4O2S2. The molecule has 3 rings (SSSR count). The number of hydrogen-bond donors (Lipinski definition) is 2. The molecule has 142 valence electrons. The number of nitrogens with zero attached hydrogens (tertiary/aromatic N) is 2. The molecule has 0 bridgehead atoms. The van der Waals surface area contributed by atoms with E-state index in [0.29, 0.717) is 30.4 Å². The highest BCUT2D eigenvalue weighted by Crippen LogP contribution is 2.23. The molecule has 1 amide bonds. The van der Waals surface area contributed by atoms with Crippen molar-refractivity contribution in [2.75, 3.05) is 13.2 Å². The predicted octanol–water partition coefficient (Wildman–Crippen LogP) is 3.91. The second-order valence-electron chi connectivity index (χ2n) is 6.57. The van der Waals surface area contributed by atoms with Crippen molar-refractivity contribution in [3.05, 3.63) is 22.3 Å². The number of thiophene rings is 1. The molecule has 0 unspecified atom stereocenters. The molecule has 0 radical (unpaired) electrons. The molecule has 0 saturated heterocycles. The van der Waals surface area contributed by atoms with Gasteiger partial charge in [-0.1, -0.05) is 25.3 Å². The molecule has 0 spiro atoms. The number of aromatic amines is 1. The van der Waals surface area contributed by atoms with E-state index >= 15 is 0 Å². The fourth-order valence-electron chi connectivity index (χ4n) is 3.20. The maximum atomic E-state index is 12.1. The van der Waals surface area contributed by atoms with Crippen LogP contribution in [0, 0.1) is 4.77 Å². The van der Waals surface area contributed by atoms with Gasteiger partial charge in [-0.25, -0.2) is 0 Å². The highest BCUT2D eigenvalue weighted by Gasteiger charge is 2.13. The van der Waals surface area contributed by atoms with Gasteiger partial charge < -0.3 is 10.1 Å². The van der Waals surface area contributed by atoms with E-state index < -0.39 is 0 Å². The van der Waals surface area contributed by atoms with Crippen LogP contribution in [0.1, 0.15) is 44.9 Å². The summed E-state index contributed by atoms with van der Waals surface area (Å²) >= 11 is 6.89. The maximum Gasteiger partial charge on any atom is 0.221 e. The summed E-state index contributed by atoms with van der Waals surface area (Å²) in [6.45, 7) is 1.90. The predicted molar refractivity (Wildman–Crippen MR) is 106 cm³/mol. The van der Waals surface area contributed by atoms with Gasteiger partial charge in [-0.2, -0.15) is 5.10 Å². The molecule has 1 aliphatic rings. The lowest BCUT2D eigenvalue weighted by molar-refractivity contribution is -0.121. The molecule has 1 saturated carbocycles. The van der Waals surface area contributed by atoms with Crippen molar-refractivity contribution in [1.29, 1.82) is 0 Å². The van der Waals surface area contributed by atoms with Gasteiger partial charge in [-0.3, -0.25) is 14.5 Å². The molecule has 0 aliphatic heterocycles. The second kappa shape index (κ2) is 9.99. The van der Waals surface area contributed by atoms with Crippen LogP contribution >= 0.6 is 23.6 Å². The van der Waals surface area contributed by atoms with Gasteiger partial charge in [0.25, 0.3) is 0 Å². The Morgan fingerprint density at radius 3 is 3.04 bits per heavy atom. The van der Waals surface area contributed by atoms with Crippen LogP contribution in [0.2, 0.25) is 0 Å². The average molecular weight is 395 g/mol. The summed E-state index contributed by atoms with van der Waals surface area (Å²) in [6, 6.07) is 3.97. The number of H-pyrrole nitrogens is 1. The molecular weight excluding hydrogens is 368 g/mol. The van der Waals surface area contributed by atoms with Crippen molar-refractivity contribution >= 4 is 29.5 Å². The normalized spacial score (nSPS) is 15.2. The summed E-state index contributed by atoms with van der Waals surface area (Å²) in [6.07, 6.45) is 7.94. The molecule has 0 atom stereocenters. The zero-order chi connectivity index (χ0) is 18.2. The minimum Gasteiger partial charge on any atom is -0.378 e. The third kappa shape index (κ3) is 5.49. The van der Waals surface area contributed by atoms with Crippen LogP contribution in [0.25, 0.3) is 10.7 Å². The third-order valence-electron chi connectivity index (χ3n) is 4.61. The first kappa shape index (κ1) is 19.3. The number of carbonyl (C=O) groups is 1. The lowest BCUT2D eigenvalue weighted by Gasteiger charge is -2.21. The standard InChI is InChI=1S/C18H26N4O2S2/c23-16(19-10-5-12-24-14-6-2-1-3-7-14)9-11-22-17(20-21-18(22)25)15-8-4-13-26-15/h4,8,13-14H,1-3,5-7,9-12H2,(H,19,23)(H,21,25). The van der Waals surface area contributed by atoms with E-state index in [4.69, 9.17) is 17.0 Å². The fourth-order valence-corrected chi connectivity index (χ4v) is 4.15. The smallest absolute Gasteiger partial charge is 0.221 e. The lowest BCUT2D eigenvalue weighted by Crippen LogP contribution is -2.27. The monoisotopic (exact) mass is 394 g/mol. The Kier molecular flexibility index (Phi) is 7.40. The molecule has 2 aromatic rings. The van der Waals surface area contributed by atoms with E-state index in [2.05, 4.69) is 15.5 Å². The molecule has 6 nitrogen and oxygen atoms in total. The van der Waals surface area contributed by atoms with Crippen molar-refractivity contribution in [3.63, 3.8) is 0 Å². The minimum atomic E-state index is 0.0305. The number of hydrogen-bond acceptors (Lipinski definition) is 5. The Hall–Kier alpha value is -1.51. The summed E-state index contributed by atoms with van der Waals surface area (Å²) in [7, 11) is 0. The van der Waals surface area contributed by atoms with E-state index in [0.717, 1.165) is 23.7 Å². The average Bonchev–Trinajstić information content (AvgIpc) is 3.30. The number of nitrogens with one attached hydrogen (secondary N) is 2. The zero-order valence-corrected chi connectivity index (χ0v) is 16.5. The molecule has 26 heavy (non-hydrogen) atoms. The van der Waals surface area contributed by atoms with Crippen molar-refractivity contribution in [3.8, 4) is 10.7 Å². The minimum absolute atomic E-state index is 0.0305. The van der Waals surface area contributed by atoms with E-state index in [1.165, 1.54) is 32.1 Å². The van der Waals surface area contributed by atoms with Crippen molar-refractivity contribution in [1.82, 2.24) is 20.1 Å². The van der Waals surface area contributed by atoms with Crippen molar-refractivity contribution in [2.24, 2.45) is 0 Å². The van der Waals surface area contributed by atoms with Crippen LogP contribution in [-0.2, 0) is 16.1 Å². The Morgan fingerprint density at radius 1 is 1.42 bits per heavy atom. The van der Waals surface area contributed by atoms with Crippen LogP contribution in [0.15, 0.2) is 17.5 Å². The van der Waals surface area contributed by atoms with E-state index in [-0.39, 0.29) is 5.91 Å². The highest BCUT2D eigenvalue weighted by molar-refractivity contribution is 7.71. The first-order valence-corrected chi connectivity index (χ1v) is 10.6. The van der Waals surface area contributed by atoms with Crippen LogP contribution in [0.3, 0.4) is 0 Å². The first-order chi connectivity index (χ1) is 12.7. The number of carbonyl (C=O) groups excluding carboxylic acids is 1.